The monoisotopic (exact) mass is 410 g/mol. The molecule has 1 aromatic rings. The topological polar surface area (TPSA) is 94.1 Å². The SMILES string of the molecule is COc1cc(/C=N\NC(=O)C[C@@H]2CCS(=O)(=O)C2)cc(Cl)c1OC(F)F. The van der Waals surface area contributed by atoms with Crippen LogP contribution in [0.15, 0.2) is 17.2 Å². The number of hydrogen-bond acceptors (Lipinski definition) is 6. The molecule has 1 aliphatic rings. The van der Waals surface area contributed by atoms with Crippen LogP contribution < -0.4 is 14.9 Å². The highest BCUT2D eigenvalue weighted by atomic mass is 35.5. The van der Waals surface area contributed by atoms with E-state index in [2.05, 4.69) is 15.3 Å². The number of alkyl halides is 2. The molecule has 1 N–H and O–H groups in total. The van der Waals surface area contributed by atoms with Crippen molar-refractivity contribution in [3.8, 4) is 11.5 Å². The summed E-state index contributed by atoms with van der Waals surface area (Å²) in [5.41, 5.74) is 2.68. The zero-order chi connectivity index (χ0) is 19.3. The predicted molar refractivity (Wildman–Crippen MR) is 91.8 cm³/mol. The van der Waals surface area contributed by atoms with E-state index < -0.39 is 22.4 Å². The lowest BCUT2D eigenvalue weighted by Crippen LogP contribution is -2.21. The van der Waals surface area contributed by atoms with E-state index in [9.17, 15) is 22.0 Å². The lowest BCUT2D eigenvalue weighted by atomic mass is 10.1. The van der Waals surface area contributed by atoms with Gasteiger partial charge in [-0.1, -0.05) is 11.6 Å². The number of methoxy groups -OCH3 is 1. The fraction of sp³-hybridized carbons (Fsp3) is 0.467. The summed E-state index contributed by atoms with van der Waals surface area (Å²) in [5, 5.41) is 3.65. The Morgan fingerprint density at radius 3 is 2.81 bits per heavy atom. The summed E-state index contributed by atoms with van der Waals surface area (Å²) in [6, 6.07) is 2.68. The van der Waals surface area contributed by atoms with E-state index in [-0.39, 0.29) is 40.4 Å². The van der Waals surface area contributed by atoms with Crippen molar-refractivity contribution in [2.75, 3.05) is 18.6 Å². The summed E-state index contributed by atoms with van der Waals surface area (Å²) in [7, 11) is -1.78. The number of benzene rings is 1. The zero-order valence-corrected chi connectivity index (χ0v) is 15.3. The van der Waals surface area contributed by atoms with Crippen molar-refractivity contribution in [3.05, 3.63) is 22.7 Å². The van der Waals surface area contributed by atoms with Gasteiger partial charge in [0.1, 0.15) is 0 Å². The van der Waals surface area contributed by atoms with Crippen LogP contribution in [0.3, 0.4) is 0 Å². The molecule has 0 saturated carbocycles. The maximum atomic E-state index is 12.4. The number of rotatable bonds is 7. The fourth-order valence-electron chi connectivity index (χ4n) is 2.54. The van der Waals surface area contributed by atoms with Gasteiger partial charge < -0.3 is 9.47 Å². The Morgan fingerprint density at radius 2 is 2.23 bits per heavy atom. The van der Waals surface area contributed by atoms with Gasteiger partial charge in [0.05, 0.1) is 29.9 Å². The Bertz CT molecular complexity index is 801. The number of carbonyl (C=O) groups excluding carboxylic acids is 1. The molecule has 144 valence electrons. The highest BCUT2D eigenvalue weighted by molar-refractivity contribution is 7.91. The molecule has 0 spiro atoms. The van der Waals surface area contributed by atoms with Gasteiger partial charge in [0.25, 0.3) is 0 Å². The minimum Gasteiger partial charge on any atom is -0.493 e. The minimum atomic E-state index is -3.06. The Morgan fingerprint density at radius 1 is 1.50 bits per heavy atom. The molecule has 0 aromatic heterocycles. The number of hydrogen-bond donors (Lipinski definition) is 1. The van der Waals surface area contributed by atoms with Crippen LogP contribution in [0.2, 0.25) is 5.02 Å². The molecule has 1 amide bonds. The molecule has 1 saturated heterocycles. The van der Waals surface area contributed by atoms with Gasteiger partial charge >= 0.3 is 6.61 Å². The number of halogens is 3. The molecule has 26 heavy (non-hydrogen) atoms. The summed E-state index contributed by atoms with van der Waals surface area (Å²) in [5.74, 6) is -0.841. The Balaban J connectivity index is 1.97. The molecular formula is C15H17ClF2N2O5S. The number of nitrogens with zero attached hydrogens (tertiary/aromatic N) is 1. The first-order chi connectivity index (χ1) is 12.2. The highest BCUT2D eigenvalue weighted by Crippen LogP contribution is 2.37. The maximum Gasteiger partial charge on any atom is 0.387 e. The van der Waals surface area contributed by atoms with Crippen LogP contribution in [0, 0.1) is 5.92 Å². The predicted octanol–water partition coefficient (Wildman–Crippen LogP) is 2.22. The smallest absolute Gasteiger partial charge is 0.387 e. The van der Waals surface area contributed by atoms with Crippen LogP contribution >= 0.6 is 11.6 Å². The van der Waals surface area contributed by atoms with Crippen molar-refractivity contribution in [1.29, 1.82) is 0 Å². The van der Waals surface area contributed by atoms with Crippen molar-refractivity contribution in [2.45, 2.75) is 19.5 Å². The number of hydrazone groups is 1. The lowest BCUT2D eigenvalue weighted by Gasteiger charge is -2.12. The Hall–Kier alpha value is -1.94. The highest BCUT2D eigenvalue weighted by Gasteiger charge is 2.29. The number of sulfone groups is 1. The number of nitrogens with one attached hydrogen (secondary N) is 1. The third-order valence-electron chi connectivity index (χ3n) is 3.66. The number of amides is 1. The van der Waals surface area contributed by atoms with Crippen molar-refractivity contribution >= 4 is 33.6 Å². The van der Waals surface area contributed by atoms with Gasteiger partial charge in [0.2, 0.25) is 5.91 Å². The second-order valence-corrected chi connectivity index (χ2v) is 8.31. The summed E-state index contributed by atoms with van der Waals surface area (Å²) in [4.78, 5) is 11.8. The summed E-state index contributed by atoms with van der Waals surface area (Å²) < 4.78 is 56.7. The second-order valence-electron chi connectivity index (χ2n) is 5.68. The molecule has 1 aliphatic heterocycles. The van der Waals surface area contributed by atoms with Crippen LogP contribution in [0.4, 0.5) is 8.78 Å². The van der Waals surface area contributed by atoms with Crippen molar-refractivity contribution in [1.82, 2.24) is 5.43 Å². The van der Waals surface area contributed by atoms with Crippen LogP contribution in [-0.2, 0) is 14.6 Å². The molecule has 0 aliphatic carbocycles. The average Bonchev–Trinajstić information content (AvgIpc) is 2.87. The molecule has 0 bridgehead atoms. The Labute approximate surface area is 154 Å². The van der Waals surface area contributed by atoms with Crippen molar-refractivity contribution in [2.24, 2.45) is 11.0 Å². The fourth-order valence-corrected chi connectivity index (χ4v) is 4.66. The average molecular weight is 411 g/mol. The van der Waals surface area contributed by atoms with Gasteiger partial charge in [-0.05, 0) is 30.0 Å². The second kappa shape index (κ2) is 8.63. The lowest BCUT2D eigenvalue weighted by molar-refractivity contribution is -0.121. The minimum absolute atomic E-state index is 0.00252. The first-order valence-electron chi connectivity index (χ1n) is 7.55. The molecule has 1 aromatic carbocycles. The van der Waals surface area contributed by atoms with Gasteiger partial charge in [-0.25, -0.2) is 13.8 Å². The van der Waals surface area contributed by atoms with E-state index in [1.165, 1.54) is 25.5 Å². The third kappa shape index (κ3) is 5.80. The van der Waals surface area contributed by atoms with Gasteiger partial charge in [0, 0.05) is 6.42 Å². The van der Waals surface area contributed by atoms with Gasteiger partial charge in [0.15, 0.2) is 21.3 Å². The molecule has 1 heterocycles. The van der Waals surface area contributed by atoms with Crippen molar-refractivity contribution < 1.29 is 31.5 Å². The quantitative estimate of drug-likeness (QED) is 0.549. The Kier molecular flexibility index (Phi) is 6.76. The number of ether oxygens (including phenoxy) is 2. The number of carbonyl (C=O) groups is 1. The summed E-state index contributed by atoms with van der Waals surface area (Å²) in [6.07, 6.45) is 1.77. The van der Waals surface area contributed by atoms with Crippen LogP contribution in [0.1, 0.15) is 18.4 Å². The zero-order valence-electron chi connectivity index (χ0n) is 13.7. The molecule has 0 radical (unpaired) electrons. The van der Waals surface area contributed by atoms with Crippen molar-refractivity contribution in [3.63, 3.8) is 0 Å². The first-order valence-corrected chi connectivity index (χ1v) is 9.75. The normalized spacial score (nSPS) is 19.0. The van der Waals surface area contributed by atoms with E-state index in [4.69, 9.17) is 16.3 Å². The van der Waals surface area contributed by atoms with Gasteiger partial charge in [-0.3, -0.25) is 4.79 Å². The van der Waals surface area contributed by atoms with E-state index in [1.54, 1.807) is 0 Å². The molecule has 7 nitrogen and oxygen atoms in total. The van der Waals surface area contributed by atoms with Crippen LogP contribution in [0.5, 0.6) is 11.5 Å². The van der Waals surface area contributed by atoms with E-state index in [1.807, 2.05) is 0 Å². The molecule has 0 unspecified atom stereocenters. The van der Waals surface area contributed by atoms with Crippen LogP contribution in [-0.4, -0.2) is 45.8 Å². The van der Waals surface area contributed by atoms with E-state index in [0.717, 1.165) is 0 Å². The molecular weight excluding hydrogens is 394 g/mol. The first kappa shape index (κ1) is 20.4. The van der Waals surface area contributed by atoms with Crippen LogP contribution in [0.25, 0.3) is 0 Å². The molecule has 1 atom stereocenters. The van der Waals surface area contributed by atoms with E-state index in [0.29, 0.717) is 12.0 Å². The van der Waals surface area contributed by atoms with E-state index >= 15 is 0 Å². The summed E-state index contributed by atoms with van der Waals surface area (Å²) in [6.45, 7) is -3.06. The maximum absolute atomic E-state index is 12.4. The molecule has 2 rings (SSSR count). The molecule has 1 fully saturated rings. The molecule has 11 heteroatoms. The standard InChI is InChI=1S/C15H17ClF2N2O5S/c1-24-12-5-10(4-11(16)14(12)25-15(17)18)7-19-20-13(21)6-9-2-3-26(22,23)8-9/h4-5,7,9,15H,2-3,6,8H2,1H3,(H,20,21)/b19-7-/t9-/m0/s1. The van der Waals surface area contributed by atoms with Gasteiger partial charge in [-0.15, -0.1) is 0 Å². The largest absolute Gasteiger partial charge is 0.493 e. The van der Waals surface area contributed by atoms with Gasteiger partial charge in [-0.2, -0.15) is 13.9 Å². The summed E-state index contributed by atoms with van der Waals surface area (Å²) >= 11 is 5.89. The third-order valence-corrected chi connectivity index (χ3v) is 5.78.